The molecule has 4 heteroatoms. The largest absolute Gasteiger partial charge is 0.256 e. The van der Waals surface area contributed by atoms with Crippen LogP contribution in [-0.2, 0) is 0 Å². The number of hydrogen-bond donors (Lipinski definition) is 0. The topological polar surface area (TPSA) is 25.8 Å². The molecule has 2 heterocycles. The van der Waals surface area contributed by atoms with E-state index < -0.39 is 0 Å². The van der Waals surface area contributed by atoms with Gasteiger partial charge in [-0.25, -0.2) is 8.78 Å². The first-order valence-corrected chi connectivity index (χ1v) is 8.98. The van der Waals surface area contributed by atoms with E-state index in [1.54, 1.807) is 12.4 Å². The summed E-state index contributed by atoms with van der Waals surface area (Å²) in [5.74, 6) is -0.748. The Morgan fingerprint density at radius 2 is 1.04 bits per heavy atom. The summed E-state index contributed by atoms with van der Waals surface area (Å²) >= 11 is 0. The number of nitrogens with zero attached hydrogens (tertiary/aromatic N) is 2. The molecule has 2 aromatic heterocycles. The van der Waals surface area contributed by atoms with E-state index in [9.17, 15) is 8.78 Å². The molecule has 0 aliphatic carbocycles. The Balaban J connectivity index is 2.09. The summed E-state index contributed by atoms with van der Waals surface area (Å²) in [6.45, 7) is 3.67. The molecule has 0 fully saturated rings. The third-order valence-corrected chi connectivity index (χ3v) is 4.73. The van der Waals surface area contributed by atoms with Gasteiger partial charge in [0.25, 0.3) is 0 Å². The fourth-order valence-corrected chi connectivity index (χ4v) is 3.61. The Labute approximate surface area is 162 Å². The molecule has 0 amide bonds. The molecule has 0 bridgehead atoms. The second-order valence-electron chi connectivity index (χ2n) is 6.72. The molecule has 4 aromatic rings. The average Bonchev–Trinajstić information content (AvgIpc) is 2.68. The second kappa shape index (κ2) is 7.31. The number of rotatable bonds is 3. The lowest BCUT2D eigenvalue weighted by atomic mass is 9.87. The molecule has 28 heavy (non-hydrogen) atoms. The molecule has 0 atom stereocenters. The molecule has 0 N–H and O–H groups in total. The SMILES string of the molecule is Cc1cc(F)cc(-c2cc(F)cc(C)c2-c2ccccn2)c1-c1ccccn1. The van der Waals surface area contributed by atoms with Crippen molar-refractivity contribution in [1.82, 2.24) is 9.97 Å². The molecular weight excluding hydrogens is 354 g/mol. The summed E-state index contributed by atoms with van der Waals surface area (Å²) in [4.78, 5) is 8.88. The van der Waals surface area contributed by atoms with Gasteiger partial charge in [-0.2, -0.15) is 0 Å². The van der Waals surface area contributed by atoms with E-state index in [1.807, 2.05) is 50.2 Å². The van der Waals surface area contributed by atoms with E-state index in [2.05, 4.69) is 9.97 Å². The van der Waals surface area contributed by atoms with Gasteiger partial charge in [-0.15, -0.1) is 0 Å². The smallest absolute Gasteiger partial charge is 0.124 e. The lowest BCUT2D eigenvalue weighted by Crippen LogP contribution is -1.98. The zero-order chi connectivity index (χ0) is 19.7. The average molecular weight is 372 g/mol. The molecule has 0 aliphatic rings. The minimum Gasteiger partial charge on any atom is -0.256 e. The van der Waals surface area contributed by atoms with Crippen LogP contribution in [0.5, 0.6) is 0 Å². The van der Waals surface area contributed by atoms with Crippen LogP contribution in [0, 0.1) is 25.5 Å². The van der Waals surface area contributed by atoms with Crippen molar-refractivity contribution in [1.29, 1.82) is 0 Å². The first-order chi connectivity index (χ1) is 13.5. The minimum absolute atomic E-state index is 0.374. The van der Waals surface area contributed by atoms with Gasteiger partial charge in [0.15, 0.2) is 0 Å². The Morgan fingerprint density at radius 1 is 0.607 bits per heavy atom. The Bertz CT molecular complexity index is 1050. The van der Waals surface area contributed by atoms with Crippen LogP contribution in [0.2, 0.25) is 0 Å². The Hall–Kier alpha value is -3.40. The molecule has 0 saturated carbocycles. The Morgan fingerprint density at radius 3 is 1.39 bits per heavy atom. The molecule has 0 spiro atoms. The molecule has 4 rings (SSSR count). The summed E-state index contributed by atoms with van der Waals surface area (Å²) < 4.78 is 28.8. The summed E-state index contributed by atoms with van der Waals surface area (Å²) in [7, 11) is 0. The van der Waals surface area contributed by atoms with Crippen LogP contribution in [0.15, 0.2) is 73.1 Å². The third-order valence-electron chi connectivity index (χ3n) is 4.73. The van der Waals surface area contributed by atoms with Crippen molar-refractivity contribution >= 4 is 0 Å². The van der Waals surface area contributed by atoms with Gasteiger partial charge in [-0.05, 0) is 84.6 Å². The maximum atomic E-state index is 14.4. The van der Waals surface area contributed by atoms with Gasteiger partial charge in [0.1, 0.15) is 11.6 Å². The van der Waals surface area contributed by atoms with E-state index in [0.717, 1.165) is 22.3 Å². The highest BCUT2D eigenvalue weighted by Gasteiger charge is 2.19. The molecule has 0 aliphatic heterocycles. The van der Waals surface area contributed by atoms with Gasteiger partial charge in [0.2, 0.25) is 0 Å². The number of hydrogen-bond acceptors (Lipinski definition) is 2. The van der Waals surface area contributed by atoms with Gasteiger partial charge < -0.3 is 0 Å². The lowest BCUT2D eigenvalue weighted by Gasteiger charge is -2.18. The van der Waals surface area contributed by atoms with Crippen LogP contribution in [0.4, 0.5) is 8.78 Å². The van der Waals surface area contributed by atoms with E-state index in [1.165, 1.54) is 24.3 Å². The summed E-state index contributed by atoms with van der Waals surface area (Å²) in [5.41, 5.74) is 5.66. The van der Waals surface area contributed by atoms with Crippen LogP contribution in [0.25, 0.3) is 33.6 Å². The number of halogens is 2. The van der Waals surface area contributed by atoms with Gasteiger partial charge in [-0.1, -0.05) is 12.1 Å². The minimum atomic E-state index is -0.374. The lowest BCUT2D eigenvalue weighted by molar-refractivity contribution is 0.625. The highest BCUT2D eigenvalue weighted by atomic mass is 19.1. The van der Waals surface area contributed by atoms with E-state index >= 15 is 0 Å². The van der Waals surface area contributed by atoms with E-state index in [0.29, 0.717) is 22.5 Å². The molecule has 2 aromatic carbocycles. The fraction of sp³-hybridized carbons (Fsp3) is 0.0833. The van der Waals surface area contributed by atoms with Crippen molar-refractivity contribution in [2.45, 2.75) is 13.8 Å². The number of aryl methyl sites for hydroxylation is 2. The van der Waals surface area contributed by atoms with Crippen molar-refractivity contribution in [2.24, 2.45) is 0 Å². The quantitative estimate of drug-likeness (QED) is 0.417. The van der Waals surface area contributed by atoms with Crippen molar-refractivity contribution in [2.75, 3.05) is 0 Å². The normalized spacial score (nSPS) is 10.9. The zero-order valence-electron chi connectivity index (χ0n) is 15.6. The highest BCUT2D eigenvalue weighted by molar-refractivity contribution is 5.92. The first kappa shape index (κ1) is 18.0. The van der Waals surface area contributed by atoms with Crippen molar-refractivity contribution < 1.29 is 8.78 Å². The third kappa shape index (κ3) is 3.29. The molecule has 0 radical (unpaired) electrons. The summed E-state index contributed by atoms with van der Waals surface area (Å²) in [6.07, 6.45) is 3.39. The van der Waals surface area contributed by atoms with Gasteiger partial charge >= 0.3 is 0 Å². The molecule has 138 valence electrons. The van der Waals surface area contributed by atoms with Crippen LogP contribution < -0.4 is 0 Å². The molecular formula is C24H18F2N2. The molecule has 0 saturated heterocycles. The maximum absolute atomic E-state index is 14.4. The van der Waals surface area contributed by atoms with Crippen LogP contribution in [0.1, 0.15) is 11.1 Å². The van der Waals surface area contributed by atoms with Gasteiger partial charge in [-0.3, -0.25) is 9.97 Å². The fourth-order valence-electron chi connectivity index (χ4n) is 3.61. The highest BCUT2D eigenvalue weighted by Crippen LogP contribution is 2.41. The van der Waals surface area contributed by atoms with Crippen molar-refractivity contribution in [3.8, 4) is 33.6 Å². The van der Waals surface area contributed by atoms with E-state index in [-0.39, 0.29) is 11.6 Å². The first-order valence-electron chi connectivity index (χ1n) is 8.98. The van der Waals surface area contributed by atoms with Crippen molar-refractivity contribution in [3.05, 3.63) is 95.8 Å². The van der Waals surface area contributed by atoms with E-state index in [4.69, 9.17) is 0 Å². The monoisotopic (exact) mass is 372 g/mol. The second-order valence-corrected chi connectivity index (χ2v) is 6.72. The number of aromatic nitrogens is 2. The predicted molar refractivity (Wildman–Crippen MR) is 108 cm³/mol. The van der Waals surface area contributed by atoms with Gasteiger partial charge in [0.05, 0.1) is 11.4 Å². The molecule has 0 unspecified atom stereocenters. The van der Waals surface area contributed by atoms with Gasteiger partial charge in [0, 0.05) is 23.5 Å². The standard InChI is InChI=1S/C24H18F2N2/c1-15-11-17(25)13-19(23(15)21-7-3-5-9-27-21)20-14-18(26)12-16(2)24(20)22-8-4-6-10-28-22/h3-14H,1-2H3. The van der Waals surface area contributed by atoms with Crippen LogP contribution >= 0.6 is 0 Å². The number of pyridine rings is 2. The van der Waals surface area contributed by atoms with Crippen molar-refractivity contribution in [3.63, 3.8) is 0 Å². The molecule has 2 nitrogen and oxygen atoms in total. The Kier molecular flexibility index (Phi) is 4.70. The zero-order valence-corrected chi connectivity index (χ0v) is 15.6. The summed E-state index contributed by atoms with van der Waals surface area (Å²) in [6, 6.07) is 17.0. The van der Waals surface area contributed by atoms with Crippen LogP contribution in [-0.4, -0.2) is 9.97 Å². The predicted octanol–water partition coefficient (Wildman–Crippen LogP) is 6.37. The summed E-state index contributed by atoms with van der Waals surface area (Å²) in [5, 5.41) is 0. The number of benzene rings is 2. The maximum Gasteiger partial charge on any atom is 0.124 e. The van der Waals surface area contributed by atoms with Crippen LogP contribution in [0.3, 0.4) is 0 Å².